The van der Waals surface area contributed by atoms with E-state index in [0.717, 1.165) is 5.56 Å². The normalized spacial score (nSPS) is 18.3. The highest BCUT2D eigenvalue weighted by molar-refractivity contribution is 7.91. The molecule has 2 amide bonds. The molecule has 1 aliphatic rings. The maximum atomic E-state index is 11.7. The quantitative estimate of drug-likeness (QED) is 0.608. The molecule has 0 radical (unpaired) electrons. The van der Waals surface area contributed by atoms with E-state index >= 15 is 0 Å². The molecular formula is C16H20N2O6S. The summed E-state index contributed by atoms with van der Waals surface area (Å²) < 4.78 is 27.3. The van der Waals surface area contributed by atoms with Gasteiger partial charge in [0.25, 0.3) is 5.91 Å². The number of sulfone groups is 1. The lowest BCUT2D eigenvalue weighted by Gasteiger charge is -2.11. The third-order valence-electron chi connectivity index (χ3n) is 3.60. The van der Waals surface area contributed by atoms with Crippen molar-refractivity contribution in [1.29, 1.82) is 0 Å². The van der Waals surface area contributed by atoms with Crippen molar-refractivity contribution in [3.63, 3.8) is 0 Å². The largest absolute Gasteiger partial charge is 0.454 e. The van der Waals surface area contributed by atoms with Crippen molar-refractivity contribution in [1.82, 2.24) is 10.6 Å². The first-order valence-electron chi connectivity index (χ1n) is 7.80. The Balaban J connectivity index is 1.62. The Hall–Kier alpha value is -2.42. The fraction of sp³-hybridized carbons (Fsp3) is 0.438. The second-order valence-electron chi connectivity index (χ2n) is 5.77. The van der Waals surface area contributed by atoms with Gasteiger partial charge in [-0.25, -0.2) is 8.42 Å². The van der Waals surface area contributed by atoms with Crippen LogP contribution in [-0.4, -0.2) is 56.9 Å². The highest BCUT2D eigenvalue weighted by Gasteiger charge is 2.29. The van der Waals surface area contributed by atoms with Crippen LogP contribution in [0.15, 0.2) is 30.3 Å². The van der Waals surface area contributed by atoms with Crippen molar-refractivity contribution in [2.75, 3.05) is 24.7 Å². The van der Waals surface area contributed by atoms with Gasteiger partial charge in [0.2, 0.25) is 5.91 Å². The molecule has 25 heavy (non-hydrogen) atoms. The van der Waals surface area contributed by atoms with Gasteiger partial charge in [-0.3, -0.25) is 14.4 Å². The number of rotatable bonds is 7. The van der Waals surface area contributed by atoms with Crippen LogP contribution < -0.4 is 10.6 Å². The molecule has 1 aliphatic heterocycles. The molecule has 0 spiro atoms. The number of hydrogen-bond donors (Lipinski definition) is 2. The van der Waals surface area contributed by atoms with E-state index in [2.05, 4.69) is 10.6 Å². The first-order chi connectivity index (χ1) is 11.8. The summed E-state index contributed by atoms with van der Waals surface area (Å²) in [6.07, 6.45) is 0.502. The van der Waals surface area contributed by atoms with Gasteiger partial charge in [0, 0.05) is 6.04 Å². The van der Waals surface area contributed by atoms with Gasteiger partial charge >= 0.3 is 5.97 Å². The Morgan fingerprint density at radius 3 is 2.48 bits per heavy atom. The minimum atomic E-state index is -3.09. The predicted molar refractivity (Wildman–Crippen MR) is 89.3 cm³/mol. The van der Waals surface area contributed by atoms with E-state index < -0.39 is 34.4 Å². The monoisotopic (exact) mass is 368 g/mol. The Kier molecular flexibility index (Phi) is 6.51. The van der Waals surface area contributed by atoms with Crippen molar-refractivity contribution in [3.8, 4) is 0 Å². The molecular weight excluding hydrogens is 348 g/mol. The summed E-state index contributed by atoms with van der Waals surface area (Å²) in [6.45, 7) is -0.847. The third-order valence-corrected chi connectivity index (χ3v) is 5.37. The van der Waals surface area contributed by atoms with E-state index in [4.69, 9.17) is 4.74 Å². The molecule has 0 aromatic heterocycles. The second-order valence-corrected chi connectivity index (χ2v) is 8.00. The van der Waals surface area contributed by atoms with Crippen molar-refractivity contribution in [2.45, 2.75) is 18.9 Å². The van der Waals surface area contributed by atoms with Crippen molar-refractivity contribution >= 4 is 27.6 Å². The number of nitrogens with one attached hydrogen (secondary N) is 2. The van der Waals surface area contributed by atoms with Crippen LogP contribution in [0.5, 0.6) is 0 Å². The molecule has 0 unspecified atom stereocenters. The number of carbonyl (C=O) groups excluding carboxylic acids is 3. The number of ether oxygens (including phenoxy) is 1. The summed E-state index contributed by atoms with van der Waals surface area (Å²) in [5, 5.41) is 4.92. The molecule has 0 saturated carbocycles. The summed E-state index contributed by atoms with van der Waals surface area (Å²) >= 11 is 0. The topological polar surface area (TPSA) is 119 Å². The van der Waals surface area contributed by atoms with E-state index in [1.807, 2.05) is 18.2 Å². The summed E-state index contributed by atoms with van der Waals surface area (Å²) in [5.41, 5.74) is 0.819. The standard InChI is InChI=1S/C16H20N2O6S/c19-14(8-12-4-2-1-3-5-12)17-9-16(21)24-10-15(20)18-13-6-7-25(22,23)11-13/h1-5,13H,6-11H2,(H,17,19)(H,18,20)/t13-/m1/s1. The molecule has 2 rings (SSSR count). The zero-order valence-electron chi connectivity index (χ0n) is 13.6. The summed E-state index contributed by atoms with van der Waals surface area (Å²) in [4.78, 5) is 34.8. The van der Waals surface area contributed by atoms with E-state index in [0.29, 0.717) is 6.42 Å². The number of esters is 1. The second kappa shape index (κ2) is 8.61. The van der Waals surface area contributed by atoms with Crippen LogP contribution in [0.25, 0.3) is 0 Å². The average molecular weight is 368 g/mol. The van der Waals surface area contributed by atoms with Crippen LogP contribution in [0.3, 0.4) is 0 Å². The average Bonchev–Trinajstić information content (AvgIpc) is 2.90. The lowest BCUT2D eigenvalue weighted by Crippen LogP contribution is -2.39. The van der Waals surface area contributed by atoms with Gasteiger partial charge in [0.1, 0.15) is 6.54 Å². The van der Waals surface area contributed by atoms with E-state index in [1.54, 1.807) is 12.1 Å². The molecule has 1 saturated heterocycles. The highest BCUT2D eigenvalue weighted by Crippen LogP contribution is 2.10. The number of carbonyl (C=O) groups is 3. The summed E-state index contributed by atoms with van der Waals surface area (Å²) in [5.74, 6) is -1.68. The molecule has 0 bridgehead atoms. The van der Waals surface area contributed by atoms with Crippen LogP contribution in [0, 0.1) is 0 Å². The van der Waals surface area contributed by atoms with Gasteiger partial charge in [-0.1, -0.05) is 30.3 Å². The lowest BCUT2D eigenvalue weighted by atomic mass is 10.1. The van der Waals surface area contributed by atoms with Crippen LogP contribution in [0.4, 0.5) is 0 Å². The SMILES string of the molecule is O=C(Cc1ccccc1)NCC(=O)OCC(=O)N[C@@H]1CCS(=O)(=O)C1. The van der Waals surface area contributed by atoms with Crippen LogP contribution in [0.1, 0.15) is 12.0 Å². The Morgan fingerprint density at radius 1 is 1.12 bits per heavy atom. The zero-order valence-corrected chi connectivity index (χ0v) is 14.4. The van der Waals surface area contributed by atoms with Crippen LogP contribution in [-0.2, 0) is 35.4 Å². The fourth-order valence-corrected chi connectivity index (χ4v) is 4.06. The van der Waals surface area contributed by atoms with Crippen molar-refractivity contribution in [2.24, 2.45) is 0 Å². The van der Waals surface area contributed by atoms with Gasteiger partial charge in [0.15, 0.2) is 16.4 Å². The Morgan fingerprint density at radius 2 is 1.84 bits per heavy atom. The number of hydrogen-bond acceptors (Lipinski definition) is 6. The molecule has 9 heteroatoms. The zero-order chi connectivity index (χ0) is 18.3. The minimum absolute atomic E-state index is 0.0468. The molecule has 2 N–H and O–H groups in total. The lowest BCUT2D eigenvalue weighted by molar-refractivity contribution is -0.148. The Bertz CT molecular complexity index is 732. The molecule has 8 nitrogen and oxygen atoms in total. The van der Waals surface area contributed by atoms with Gasteiger partial charge < -0.3 is 15.4 Å². The first-order valence-corrected chi connectivity index (χ1v) is 9.62. The van der Waals surface area contributed by atoms with E-state index in [-0.39, 0.29) is 30.4 Å². The molecule has 1 aromatic rings. The number of benzene rings is 1. The van der Waals surface area contributed by atoms with Crippen LogP contribution >= 0.6 is 0 Å². The molecule has 1 fully saturated rings. The molecule has 1 aromatic carbocycles. The van der Waals surface area contributed by atoms with E-state index in [1.165, 1.54) is 0 Å². The molecule has 136 valence electrons. The Labute approximate surface area is 145 Å². The van der Waals surface area contributed by atoms with Crippen LogP contribution in [0.2, 0.25) is 0 Å². The van der Waals surface area contributed by atoms with Crippen molar-refractivity contribution in [3.05, 3.63) is 35.9 Å². The van der Waals surface area contributed by atoms with E-state index in [9.17, 15) is 22.8 Å². The summed E-state index contributed by atoms with van der Waals surface area (Å²) in [6, 6.07) is 8.61. The predicted octanol–water partition coefficient (Wildman–Crippen LogP) is -0.808. The highest BCUT2D eigenvalue weighted by atomic mass is 32.2. The smallest absolute Gasteiger partial charge is 0.325 e. The molecule has 1 heterocycles. The van der Waals surface area contributed by atoms with Gasteiger partial charge in [-0.2, -0.15) is 0 Å². The molecule has 0 aliphatic carbocycles. The first kappa shape index (κ1) is 18.9. The van der Waals surface area contributed by atoms with Gasteiger partial charge in [0.05, 0.1) is 17.9 Å². The third kappa shape index (κ3) is 6.92. The number of amides is 2. The van der Waals surface area contributed by atoms with Crippen molar-refractivity contribution < 1.29 is 27.5 Å². The van der Waals surface area contributed by atoms with Gasteiger partial charge in [-0.05, 0) is 12.0 Å². The minimum Gasteiger partial charge on any atom is -0.454 e. The fourth-order valence-electron chi connectivity index (χ4n) is 2.39. The maximum Gasteiger partial charge on any atom is 0.325 e. The molecule has 1 atom stereocenters. The van der Waals surface area contributed by atoms with Gasteiger partial charge in [-0.15, -0.1) is 0 Å². The maximum absolute atomic E-state index is 11.7. The summed E-state index contributed by atoms with van der Waals surface area (Å²) in [7, 11) is -3.09.